The van der Waals surface area contributed by atoms with Crippen LogP contribution >= 0.6 is 11.8 Å². The van der Waals surface area contributed by atoms with E-state index in [-0.39, 0.29) is 11.7 Å². The van der Waals surface area contributed by atoms with E-state index >= 15 is 0 Å². The van der Waals surface area contributed by atoms with Gasteiger partial charge in [0, 0.05) is 17.4 Å². The highest BCUT2D eigenvalue weighted by molar-refractivity contribution is 8.00. The predicted molar refractivity (Wildman–Crippen MR) is 110 cm³/mol. The van der Waals surface area contributed by atoms with Crippen LogP contribution in [0.3, 0.4) is 0 Å². The van der Waals surface area contributed by atoms with Gasteiger partial charge in [-0.3, -0.25) is 4.79 Å². The van der Waals surface area contributed by atoms with E-state index in [2.05, 4.69) is 20.3 Å². The fraction of sp³-hybridized carbons (Fsp3) is 0.0952. The molecule has 0 aliphatic rings. The number of H-pyrrole nitrogens is 1. The Balaban J connectivity index is 1.50. The van der Waals surface area contributed by atoms with Gasteiger partial charge in [-0.15, -0.1) is 0 Å². The van der Waals surface area contributed by atoms with Gasteiger partial charge < -0.3 is 10.3 Å². The van der Waals surface area contributed by atoms with Crippen molar-refractivity contribution in [2.75, 3.05) is 11.1 Å². The minimum atomic E-state index is -0.0644. The molecule has 1 amide bonds. The number of aryl methyl sites for hydroxylation is 1. The van der Waals surface area contributed by atoms with Gasteiger partial charge in [-0.1, -0.05) is 59.8 Å². The van der Waals surface area contributed by atoms with Crippen LogP contribution in [0.2, 0.25) is 0 Å². The van der Waals surface area contributed by atoms with Crippen LogP contribution < -0.4 is 5.32 Å². The highest BCUT2D eigenvalue weighted by Gasteiger charge is 2.13. The van der Waals surface area contributed by atoms with E-state index in [4.69, 9.17) is 0 Å². The lowest BCUT2D eigenvalue weighted by atomic mass is 10.1. The first-order valence-corrected chi connectivity index (χ1v) is 9.56. The number of nitrogens with one attached hydrogen (secondary N) is 2. The number of fused-ring (bicyclic) bond motifs is 1. The lowest BCUT2D eigenvalue weighted by Gasteiger charge is -2.06. The summed E-state index contributed by atoms with van der Waals surface area (Å²) in [4.78, 5) is 24.3. The second-order valence-corrected chi connectivity index (χ2v) is 7.14. The standard InChI is InChI=1S/C21H18N4OS/c1-14-7-9-16(10-8-14)25-18(26)12-27-21-20-19(23-13-24-21)17(11-22-20)15-5-3-2-4-6-15/h2-11,13,22H,12H2,1H3,(H,25,26). The quantitative estimate of drug-likeness (QED) is 0.394. The van der Waals surface area contributed by atoms with Crippen LogP contribution in [0.15, 0.2) is 72.1 Å². The van der Waals surface area contributed by atoms with Gasteiger partial charge in [-0.2, -0.15) is 0 Å². The first kappa shape index (κ1) is 17.3. The summed E-state index contributed by atoms with van der Waals surface area (Å²) in [6.45, 7) is 2.02. The summed E-state index contributed by atoms with van der Waals surface area (Å²) in [5.74, 6) is 0.213. The van der Waals surface area contributed by atoms with Crippen LogP contribution in [-0.2, 0) is 4.79 Å². The van der Waals surface area contributed by atoms with Crippen molar-refractivity contribution in [3.8, 4) is 11.1 Å². The van der Waals surface area contributed by atoms with Gasteiger partial charge >= 0.3 is 0 Å². The highest BCUT2D eigenvalue weighted by atomic mass is 32.2. The Morgan fingerprint density at radius 2 is 1.85 bits per heavy atom. The molecule has 2 N–H and O–H groups in total. The Hall–Kier alpha value is -3.12. The molecule has 2 heterocycles. The third-order valence-corrected chi connectivity index (χ3v) is 5.18. The molecule has 0 spiro atoms. The second-order valence-electron chi connectivity index (χ2n) is 6.17. The van der Waals surface area contributed by atoms with E-state index in [1.807, 2.05) is 67.7 Å². The Labute approximate surface area is 161 Å². The summed E-state index contributed by atoms with van der Waals surface area (Å²) in [6.07, 6.45) is 3.48. The van der Waals surface area contributed by atoms with Crippen LogP contribution in [0.5, 0.6) is 0 Å². The van der Waals surface area contributed by atoms with Crippen LogP contribution in [0.4, 0.5) is 5.69 Å². The van der Waals surface area contributed by atoms with Crippen LogP contribution in [0.1, 0.15) is 5.56 Å². The molecule has 0 saturated carbocycles. The van der Waals surface area contributed by atoms with Gasteiger partial charge in [-0.25, -0.2) is 9.97 Å². The van der Waals surface area contributed by atoms with Crippen molar-refractivity contribution in [1.29, 1.82) is 0 Å². The lowest BCUT2D eigenvalue weighted by molar-refractivity contribution is -0.113. The molecule has 27 heavy (non-hydrogen) atoms. The SMILES string of the molecule is Cc1ccc(NC(=O)CSc2ncnc3c(-c4ccccc4)c[nH]c23)cc1. The monoisotopic (exact) mass is 374 g/mol. The number of aromatic amines is 1. The molecule has 2 aromatic heterocycles. The van der Waals surface area contributed by atoms with Gasteiger partial charge in [0.15, 0.2) is 0 Å². The molecule has 0 saturated heterocycles. The van der Waals surface area contributed by atoms with Crippen LogP contribution in [0, 0.1) is 6.92 Å². The van der Waals surface area contributed by atoms with Crippen LogP contribution in [-0.4, -0.2) is 26.6 Å². The fourth-order valence-corrected chi connectivity index (χ4v) is 3.59. The minimum Gasteiger partial charge on any atom is -0.357 e. The number of benzene rings is 2. The number of hydrogen-bond acceptors (Lipinski definition) is 4. The molecule has 4 aromatic rings. The average Bonchev–Trinajstić information content (AvgIpc) is 3.13. The van der Waals surface area contributed by atoms with Gasteiger partial charge in [0.2, 0.25) is 5.91 Å². The maximum Gasteiger partial charge on any atom is 0.234 e. The zero-order valence-corrected chi connectivity index (χ0v) is 15.6. The minimum absolute atomic E-state index is 0.0644. The number of rotatable bonds is 5. The summed E-state index contributed by atoms with van der Waals surface area (Å²) >= 11 is 1.39. The van der Waals surface area contributed by atoms with E-state index in [0.717, 1.165) is 38.4 Å². The van der Waals surface area contributed by atoms with E-state index in [0.29, 0.717) is 0 Å². The molecule has 0 radical (unpaired) electrons. The van der Waals surface area contributed by atoms with E-state index in [9.17, 15) is 4.79 Å². The summed E-state index contributed by atoms with van der Waals surface area (Å²) in [7, 11) is 0. The van der Waals surface area contributed by atoms with E-state index in [1.165, 1.54) is 11.8 Å². The molecule has 134 valence electrons. The van der Waals surface area contributed by atoms with Gasteiger partial charge in [0.05, 0.1) is 11.3 Å². The molecule has 6 heteroatoms. The van der Waals surface area contributed by atoms with Gasteiger partial charge in [0.25, 0.3) is 0 Å². The van der Waals surface area contributed by atoms with Gasteiger partial charge in [-0.05, 0) is 24.6 Å². The van der Waals surface area contributed by atoms with Crippen molar-refractivity contribution in [1.82, 2.24) is 15.0 Å². The molecular formula is C21H18N4OS. The maximum atomic E-state index is 12.2. The Morgan fingerprint density at radius 1 is 1.07 bits per heavy atom. The van der Waals surface area contributed by atoms with Crippen molar-refractivity contribution >= 4 is 34.4 Å². The molecule has 2 aromatic carbocycles. The molecule has 0 aliphatic carbocycles. The number of hydrogen-bond donors (Lipinski definition) is 2. The zero-order valence-electron chi connectivity index (χ0n) is 14.8. The summed E-state index contributed by atoms with van der Waals surface area (Å²) in [5.41, 5.74) is 5.79. The van der Waals surface area contributed by atoms with Crippen molar-refractivity contribution < 1.29 is 4.79 Å². The fourth-order valence-electron chi connectivity index (χ4n) is 2.83. The van der Waals surface area contributed by atoms with E-state index in [1.54, 1.807) is 6.33 Å². The Morgan fingerprint density at radius 3 is 2.63 bits per heavy atom. The Bertz CT molecular complexity index is 1070. The number of amides is 1. The lowest BCUT2D eigenvalue weighted by Crippen LogP contribution is -2.14. The first-order valence-electron chi connectivity index (χ1n) is 8.57. The number of aromatic nitrogens is 3. The average molecular weight is 374 g/mol. The summed E-state index contributed by atoms with van der Waals surface area (Å²) < 4.78 is 0. The maximum absolute atomic E-state index is 12.2. The number of carbonyl (C=O) groups is 1. The first-order chi connectivity index (χ1) is 13.2. The molecule has 0 atom stereocenters. The molecule has 0 unspecified atom stereocenters. The normalized spacial score (nSPS) is 10.9. The second kappa shape index (κ2) is 7.63. The third-order valence-electron chi connectivity index (χ3n) is 4.19. The number of anilines is 1. The number of thioether (sulfide) groups is 1. The van der Waals surface area contributed by atoms with Crippen molar-refractivity contribution in [2.45, 2.75) is 11.9 Å². The topological polar surface area (TPSA) is 70.7 Å². The summed E-state index contributed by atoms with van der Waals surface area (Å²) in [6, 6.07) is 17.8. The van der Waals surface area contributed by atoms with Crippen molar-refractivity contribution in [3.63, 3.8) is 0 Å². The smallest absolute Gasteiger partial charge is 0.234 e. The van der Waals surface area contributed by atoms with Gasteiger partial charge in [0.1, 0.15) is 16.9 Å². The molecule has 4 rings (SSSR count). The Kier molecular flexibility index (Phi) is 4.89. The summed E-state index contributed by atoms with van der Waals surface area (Å²) in [5, 5.41) is 3.67. The van der Waals surface area contributed by atoms with Crippen LogP contribution in [0.25, 0.3) is 22.2 Å². The van der Waals surface area contributed by atoms with Crippen molar-refractivity contribution in [2.24, 2.45) is 0 Å². The largest absolute Gasteiger partial charge is 0.357 e. The van der Waals surface area contributed by atoms with E-state index < -0.39 is 0 Å². The predicted octanol–water partition coefficient (Wildman–Crippen LogP) is 4.66. The molecule has 0 aliphatic heterocycles. The van der Waals surface area contributed by atoms with Crippen molar-refractivity contribution in [3.05, 3.63) is 72.7 Å². The third kappa shape index (κ3) is 3.85. The molecule has 0 bridgehead atoms. The molecule has 5 nitrogen and oxygen atoms in total. The number of carbonyl (C=O) groups excluding carboxylic acids is 1. The number of nitrogens with zero attached hydrogens (tertiary/aromatic N) is 2. The zero-order chi connectivity index (χ0) is 18.6. The molecular weight excluding hydrogens is 356 g/mol. The molecule has 0 fully saturated rings. The highest BCUT2D eigenvalue weighted by Crippen LogP contribution is 2.31.